The van der Waals surface area contributed by atoms with Gasteiger partial charge in [-0.05, 0) is 83.8 Å². The van der Waals surface area contributed by atoms with Crippen LogP contribution in [0, 0.1) is 13.8 Å². The molecule has 18 heteroatoms. The first-order valence-corrected chi connectivity index (χ1v) is 23.5. The van der Waals surface area contributed by atoms with E-state index in [1.165, 1.54) is 12.5 Å². The number of carboxylic acid groups (broad SMARTS) is 1. The van der Waals surface area contributed by atoms with Crippen molar-refractivity contribution >= 4 is 46.4 Å². The fourth-order valence-electron chi connectivity index (χ4n) is 6.36. The van der Waals surface area contributed by atoms with Crippen LogP contribution in [0.25, 0.3) is 11.2 Å². The van der Waals surface area contributed by atoms with Gasteiger partial charge in [0.25, 0.3) is 5.56 Å². The predicted molar refractivity (Wildman–Crippen MR) is 256 cm³/mol. The Balaban J connectivity index is 0.000000582. The van der Waals surface area contributed by atoms with Crippen LogP contribution >= 0.6 is 0 Å². The summed E-state index contributed by atoms with van der Waals surface area (Å²) in [6, 6.07) is 6.95. The summed E-state index contributed by atoms with van der Waals surface area (Å²) in [6.07, 6.45) is 19.2. The lowest BCUT2D eigenvalue weighted by molar-refractivity contribution is -0.141. The molecule has 0 aliphatic heterocycles. The number of unbranched alkanes of at least 4 members (excludes halogenated alkanes) is 8. The van der Waals surface area contributed by atoms with E-state index in [0.29, 0.717) is 76.1 Å². The normalized spacial score (nSPS) is 11.4. The Morgan fingerprint density at radius 1 is 0.758 bits per heavy atom. The summed E-state index contributed by atoms with van der Waals surface area (Å²) in [4.78, 5) is 84.7. The molecule has 1 aromatic carbocycles. The number of hydrogen-bond donors (Lipinski definition) is 7. The Hall–Kier alpha value is -5.75. The summed E-state index contributed by atoms with van der Waals surface area (Å²) in [7, 11) is 0. The highest BCUT2D eigenvalue weighted by Gasteiger charge is 2.19. The number of aromatic amines is 1. The number of anilines is 1. The number of aromatic nitrogens is 4. The lowest BCUT2D eigenvalue weighted by Crippen LogP contribution is -2.39. The average Bonchev–Trinajstić information content (AvgIpc) is 3.28. The number of carboxylic acids is 1. The number of nitrogens with one attached hydrogen (secondary N) is 6. The van der Waals surface area contributed by atoms with E-state index < -0.39 is 17.9 Å². The number of H-pyrrole nitrogens is 1. The van der Waals surface area contributed by atoms with E-state index in [0.717, 1.165) is 82.9 Å². The van der Waals surface area contributed by atoms with Gasteiger partial charge in [-0.25, -0.2) is 24.5 Å². The van der Waals surface area contributed by atoms with Gasteiger partial charge < -0.3 is 46.1 Å². The van der Waals surface area contributed by atoms with Gasteiger partial charge in [0, 0.05) is 58.1 Å². The van der Waals surface area contributed by atoms with Gasteiger partial charge in [0.1, 0.15) is 17.6 Å². The zero-order valence-electron chi connectivity index (χ0n) is 39.6. The Labute approximate surface area is 389 Å². The molecule has 3 rings (SSSR count). The molecular formula is C48H75N9O9. The minimum atomic E-state index is -1.15. The number of urea groups is 1. The number of allylic oxidation sites excluding steroid dienone is 2. The molecule has 18 nitrogen and oxygen atoms in total. The van der Waals surface area contributed by atoms with E-state index in [4.69, 9.17) is 14.6 Å². The summed E-state index contributed by atoms with van der Waals surface area (Å²) < 4.78 is 10.9. The maximum absolute atomic E-state index is 12.0. The van der Waals surface area contributed by atoms with Crippen molar-refractivity contribution in [1.82, 2.24) is 41.2 Å². The van der Waals surface area contributed by atoms with Crippen LogP contribution in [0.1, 0.15) is 134 Å². The standard InChI is InChI=1S/C33H60N4O8.C15H15N5O/c1-3-4-14-21-35-33(43)36-22-15-12-10-8-6-5-7-9-11-13-18-31(40)34-23-25-45-27-26-44-24-16-17-29(39)19-20-30(32(41)42)37-28(2)38;1-9-3-5-11(6-4-9)16-7-12-8-17-14-13(20-12)15(21)19-10(2)18-14/h6,8,30H,3-5,7,9-27H2,1-2H3,(H,34,40)(H,37,38)(H,41,42)(H2,35,36,43);3-6,8,16H,7H2,1-2H3,(H,17,18,19,21)/b8-6-;/t30-;/m0./s1. The van der Waals surface area contributed by atoms with E-state index in [-0.39, 0.29) is 48.1 Å². The molecule has 0 spiro atoms. The second-order valence-corrected chi connectivity index (χ2v) is 16.1. The summed E-state index contributed by atoms with van der Waals surface area (Å²) in [6.45, 7) is 11.1. The lowest BCUT2D eigenvalue weighted by Gasteiger charge is -2.12. The van der Waals surface area contributed by atoms with Crippen LogP contribution in [0.5, 0.6) is 0 Å². The third-order valence-corrected chi connectivity index (χ3v) is 10.0. The van der Waals surface area contributed by atoms with Crippen molar-refractivity contribution in [2.24, 2.45) is 0 Å². The first kappa shape index (κ1) is 56.4. The number of ether oxygens (including phenoxy) is 2. The Morgan fingerprint density at radius 3 is 2.11 bits per heavy atom. The van der Waals surface area contributed by atoms with Crippen molar-refractivity contribution in [1.29, 1.82) is 0 Å². The number of carbonyl (C=O) groups is 5. The molecule has 0 unspecified atom stereocenters. The van der Waals surface area contributed by atoms with Crippen LogP contribution in [-0.2, 0) is 35.2 Å². The van der Waals surface area contributed by atoms with Crippen LogP contribution in [0.4, 0.5) is 10.5 Å². The number of aliphatic carboxylic acids is 1. The van der Waals surface area contributed by atoms with Crippen molar-refractivity contribution in [3.8, 4) is 0 Å². The molecule has 0 bridgehead atoms. The monoisotopic (exact) mass is 922 g/mol. The van der Waals surface area contributed by atoms with Gasteiger partial charge in [-0.15, -0.1) is 0 Å². The quantitative estimate of drug-likeness (QED) is 0.0255. The summed E-state index contributed by atoms with van der Waals surface area (Å²) in [5.74, 6) is -1.09. The largest absolute Gasteiger partial charge is 0.480 e. The van der Waals surface area contributed by atoms with Gasteiger partial charge in [0.05, 0.1) is 38.3 Å². The van der Waals surface area contributed by atoms with E-state index in [9.17, 15) is 28.8 Å². The van der Waals surface area contributed by atoms with Crippen LogP contribution in [0.15, 0.2) is 47.4 Å². The van der Waals surface area contributed by atoms with Crippen molar-refractivity contribution in [3.05, 3.63) is 70.0 Å². The van der Waals surface area contributed by atoms with Gasteiger partial charge in [-0.2, -0.15) is 0 Å². The maximum Gasteiger partial charge on any atom is 0.326 e. The average molecular weight is 922 g/mol. The van der Waals surface area contributed by atoms with Gasteiger partial charge in [-0.3, -0.25) is 19.2 Å². The number of fused-ring (bicyclic) bond motifs is 1. The number of amides is 4. The fourth-order valence-corrected chi connectivity index (χ4v) is 6.36. The fraction of sp³-hybridized carbons (Fsp3) is 0.604. The molecule has 1 atom stereocenters. The number of Topliss-reactive ketones (excluding diaryl/α,β-unsaturated/α-hetero) is 1. The molecular weight excluding hydrogens is 847 g/mol. The molecule has 2 heterocycles. The number of benzene rings is 1. The molecule has 0 radical (unpaired) electrons. The van der Waals surface area contributed by atoms with Crippen LogP contribution in [0.3, 0.4) is 0 Å². The third-order valence-electron chi connectivity index (χ3n) is 10.0. The molecule has 7 N–H and O–H groups in total. The molecule has 66 heavy (non-hydrogen) atoms. The summed E-state index contributed by atoms with van der Waals surface area (Å²) >= 11 is 0. The molecule has 0 saturated heterocycles. The zero-order valence-corrected chi connectivity index (χ0v) is 39.6. The number of ketones is 1. The lowest BCUT2D eigenvalue weighted by atomic mass is 10.1. The molecule has 0 saturated carbocycles. The van der Waals surface area contributed by atoms with E-state index in [1.54, 1.807) is 13.1 Å². The van der Waals surface area contributed by atoms with Gasteiger partial charge >= 0.3 is 12.0 Å². The molecule has 366 valence electrons. The zero-order chi connectivity index (χ0) is 48.2. The molecule has 2 aromatic heterocycles. The number of rotatable bonds is 34. The van der Waals surface area contributed by atoms with Crippen molar-refractivity contribution < 1.29 is 38.6 Å². The van der Waals surface area contributed by atoms with Crippen molar-refractivity contribution in [2.75, 3.05) is 51.4 Å². The second kappa shape index (κ2) is 35.5. The Morgan fingerprint density at radius 2 is 1.42 bits per heavy atom. The second-order valence-electron chi connectivity index (χ2n) is 16.1. The van der Waals surface area contributed by atoms with Crippen LogP contribution in [-0.4, -0.2) is 107 Å². The van der Waals surface area contributed by atoms with Crippen molar-refractivity contribution in [3.63, 3.8) is 0 Å². The first-order valence-electron chi connectivity index (χ1n) is 23.5. The number of hydrogen-bond acceptors (Lipinski definition) is 12. The van der Waals surface area contributed by atoms with E-state index in [1.807, 2.05) is 31.2 Å². The summed E-state index contributed by atoms with van der Waals surface area (Å²) in [5.41, 5.74) is 3.28. The molecule has 3 aromatic rings. The predicted octanol–water partition coefficient (Wildman–Crippen LogP) is 6.35. The van der Waals surface area contributed by atoms with Gasteiger partial charge in [0.15, 0.2) is 11.2 Å². The van der Waals surface area contributed by atoms with Crippen LogP contribution in [0.2, 0.25) is 0 Å². The summed E-state index contributed by atoms with van der Waals surface area (Å²) in [5, 5.41) is 23.3. The van der Waals surface area contributed by atoms with E-state index in [2.05, 4.69) is 65.6 Å². The van der Waals surface area contributed by atoms with Crippen LogP contribution < -0.4 is 32.1 Å². The highest BCUT2D eigenvalue weighted by molar-refractivity contribution is 5.83. The highest BCUT2D eigenvalue weighted by atomic mass is 16.5. The molecule has 0 aliphatic rings. The maximum atomic E-state index is 12.0. The smallest absolute Gasteiger partial charge is 0.326 e. The number of aryl methyl sites for hydroxylation is 2. The highest BCUT2D eigenvalue weighted by Crippen LogP contribution is 2.11. The van der Waals surface area contributed by atoms with Crippen molar-refractivity contribution in [2.45, 2.75) is 143 Å². The van der Waals surface area contributed by atoms with E-state index >= 15 is 0 Å². The number of carbonyl (C=O) groups excluding carboxylic acids is 4. The first-order chi connectivity index (χ1) is 31.9. The topological polar surface area (TPSA) is 256 Å². The molecule has 4 amide bonds. The minimum absolute atomic E-state index is 0.0367. The molecule has 0 fully saturated rings. The SMILES string of the molecule is CCCCCNC(=O)NCCCC/C=C\CCCCCCC(=O)NCCOCCOCCCC(=O)CC[C@H](NC(C)=O)C(=O)O.Cc1ccc(NCc2cnc3nc(C)[nH]c(=O)c3n2)cc1. The Bertz CT molecular complexity index is 1960. The number of nitrogens with zero attached hydrogens (tertiary/aromatic N) is 3. The van der Waals surface area contributed by atoms with Gasteiger partial charge in [0.2, 0.25) is 11.8 Å². The molecule has 0 aliphatic carbocycles. The third kappa shape index (κ3) is 28.2. The minimum Gasteiger partial charge on any atom is -0.480 e. The Kier molecular flexibility index (Phi) is 30.3. The van der Waals surface area contributed by atoms with Gasteiger partial charge in [-0.1, -0.05) is 62.5 Å².